The SMILES string of the molecule is CC1CCCN(CC(=O)c2ccc([N+](=O)[O-])cc2)CC1. The van der Waals surface area contributed by atoms with Gasteiger partial charge in [0.2, 0.25) is 0 Å². The van der Waals surface area contributed by atoms with E-state index in [0.717, 1.165) is 31.8 Å². The van der Waals surface area contributed by atoms with E-state index in [2.05, 4.69) is 11.8 Å². The van der Waals surface area contributed by atoms with Gasteiger partial charge in [0.05, 0.1) is 11.5 Å². The van der Waals surface area contributed by atoms with Crippen molar-refractivity contribution in [1.29, 1.82) is 0 Å². The van der Waals surface area contributed by atoms with E-state index in [0.29, 0.717) is 12.1 Å². The standard InChI is InChI=1S/C15H20N2O3/c1-12-3-2-9-16(10-8-12)11-15(18)13-4-6-14(7-5-13)17(19)20/h4-7,12H,2-3,8-11H2,1H3. The molecule has 1 aliphatic rings. The van der Waals surface area contributed by atoms with E-state index in [4.69, 9.17) is 0 Å². The first-order chi connectivity index (χ1) is 9.56. The van der Waals surface area contributed by atoms with E-state index in [1.807, 2.05) is 0 Å². The number of Topliss-reactive ketones (excluding diaryl/α,β-unsaturated/α-hetero) is 1. The Kier molecular flexibility index (Phi) is 4.84. The molecule has 1 unspecified atom stereocenters. The van der Waals surface area contributed by atoms with Crippen molar-refractivity contribution >= 4 is 11.5 Å². The Morgan fingerprint density at radius 3 is 2.65 bits per heavy atom. The first-order valence-corrected chi connectivity index (χ1v) is 7.06. The minimum atomic E-state index is -0.454. The van der Waals surface area contributed by atoms with Gasteiger partial charge in [0.15, 0.2) is 5.78 Å². The number of nitro groups is 1. The molecule has 0 bridgehead atoms. The van der Waals surface area contributed by atoms with Crippen molar-refractivity contribution in [2.75, 3.05) is 19.6 Å². The second-order valence-electron chi connectivity index (χ2n) is 5.54. The lowest BCUT2D eigenvalue weighted by Crippen LogP contribution is -2.30. The maximum absolute atomic E-state index is 12.2. The summed E-state index contributed by atoms with van der Waals surface area (Å²) in [6, 6.07) is 5.86. The number of non-ortho nitro benzene ring substituents is 1. The molecule has 0 aromatic heterocycles. The number of carbonyl (C=O) groups is 1. The fraction of sp³-hybridized carbons (Fsp3) is 0.533. The molecule has 0 amide bonds. The van der Waals surface area contributed by atoms with E-state index in [9.17, 15) is 14.9 Å². The summed E-state index contributed by atoms with van der Waals surface area (Å²) in [4.78, 5) is 24.5. The lowest BCUT2D eigenvalue weighted by molar-refractivity contribution is -0.384. The Labute approximate surface area is 118 Å². The molecule has 20 heavy (non-hydrogen) atoms. The fourth-order valence-electron chi connectivity index (χ4n) is 2.54. The van der Waals surface area contributed by atoms with E-state index in [1.54, 1.807) is 12.1 Å². The van der Waals surface area contributed by atoms with Crippen molar-refractivity contribution in [2.45, 2.75) is 26.2 Å². The molecule has 5 heteroatoms. The van der Waals surface area contributed by atoms with Crippen LogP contribution in [0.25, 0.3) is 0 Å². The number of hydrogen-bond donors (Lipinski definition) is 0. The van der Waals surface area contributed by atoms with Crippen LogP contribution in [0.2, 0.25) is 0 Å². The molecule has 108 valence electrons. The van der Waals surface area contributed by atoms with Crippen LogP contribution in [-0.4, -0.2) is 35.2 Å². The van der Waals surface area contributed by atoms with Crippen molar-refractivity contribution in [3.8, 4) is 0 Å². The highest BCUT2D eigenvalue weighted by Gasteiger charge is 2.17. The summed E-state index contributed by atoms with van der Waals surface area (Å²) < 4.78 is 0. The third-order valence-corrected chi connectivity index (χ3v) is 3.88. The Bertz CT molecular complexity index is 484. The summed E-state index contributed by atoms with van der Waals surface area (Å²) in [5.74, 6) is 0.768. The zero-order chi connectivity index (χ0) is 14.5. The topological polar surface area (TPSA) is 63.5 Å². The monoisotopic (exact) mass is 276 g/mol. The summed E-state index contributed by atoms with van der Waals surface area (Å²) in [6.07, 6.45) is 3.49. The van der Waals surface area contributed by atoms with Crippen molar-refractivity contribution in [2.24, 2.45) is 5.92 Å². The van der Waals surface area contributed by atoms with E-state index < -0.39 is 4.92 Å². The highest BCUT2D eigenvalue weighted by atomic mass is 16.6. The smallest absolute Gasteiger partial charge is 0.269 e. The summed E-state index contributed by atoms with van der Waals surface area (Å²) in [6.45, 7) is 4.58. The average Bonchev–Trinajstić information content (AvgIpc) is 2.64. The number of nitro benzene ring substituents is 1. The molecule has 1 saturated heterocycles. The van der Waals surface area contributed by atoms with Gasteiger partial charge in [-0.1, -0.05) is 6.92 Å². The summed E-state index contributed by atoms with van der Waals surface area (Å²) in [5, 5.41) is 10.6. The van der Waals surface area contributed by atoms with Crippen LogP contribution in [0.4, 0.5) is 5.69 Å². The third kappa shape index (κ3) is 3.87. The minimum Gasteiger partial charge on any atom is -0.296 e. The zero-order valence-corrected chi connectivity index (χ0v) is 11.7. The molecule has 0 spiro atoms. The van der Waals surface area contributed by atoms with Crippen LogP contribution in [0.1, 0.15) is 36.5 Å². The zero-order valence-electron chi connectivity index (χ0n) is 11.7. The van der Waals surface area contributed by atoms with Crippen LogP contribution in [0.15, 0.2) is 24.3 Å². The van der Waals surface area contributed by atoms with E-state index >= 15 is 0 Å². The molecule has 0 saturated carbocycles. The van der Waals surface area contributed by atoms with Gasteiger partial charge >= 0.3 is 0 Å². The first kappa shape index (κ1) is 14.7. The molecule has 1 atom stereocenters. The second-order valence-corrected chi connectivity index (χ2v) is 5.54. The Morgan fingerprint density at radius 1 is 1.30 bits per heavy atom. The van der Waals surface area contributed by atoms with Gasteiger partial charge in [-0.15, -0.1) is 0 Å². The van der Waals surface area contributed by atoms with Crippen LogP contribution in [0, 0.1) is 16.0 Å². The Morgan fingerprint density at radius 2 is 2.00 bits per heavy atom. The average molecular weight is 276 g/mol. The van der Waals surface area contributed by atoms with Crippen LogP contribution in [0.3, 0.4) is 0 Å². The number of rotatable bonds is 4. The van der Waals surface area contributed by atoms with Crippen molar-refractivity contribution < 1.29 is 9.72 Å². The lowest BCUT2D eigenvalue weighted by atomic mass is 10.0. The van der Waals surface area contributed by atoms with E-state index in [-0.39, 0.29) is 11.5 Å². The van der Waals surface area contributed by atoms with Gasteiger partial charge in [0.25, 0.3) is 5.69 Å². The number of likely N-dealkylation sites (tertiary alicyclic amines) is 1. The molecule has 5 nitrogen and oxygen atoms in total. The minimum absolute atomic E-state index is 0.0187. The van der Waals surface area contributed by atoms with Crippen LogP contribution in [0.5, 0.6) is 0 Å². The third-order valence-electron chi connectivity index (χ3n) is 3.88. The number of carbonyl (C=O) groups excluding carboxylic acids is 1. The molecule has 1 fully saturated rings. The molecule has 0 radical (unpaired) electrons. The molecular weight excluding hydrogens is 256 g/mol. The van der Waals surface area contributed by atoms with Crippen LogP contribution in [-0.2, 0) is 0 Å². The largest absolute Gasteiger partial charge is 0.296 e. The highest BCUT2D eigenvalue weighted by Crippen LogP contribution is 2.17. The molecule has 1 heterocycles. The van der Waals surface area contributed by atoms with Crippen molar-refractivity contribution in [3.63, 3.8) is 0 Å². The van der Waals surface area contributed by atoms with Gasteiger partial charge in [0, 0.05) is 17.7 Å². The predicted molar refractivity (Wildman–Crippen MR) is 76.9 cm³/mol. The maximum Gasteiger partial charge on any atom is 0.269 e. The Balaban J connectivity index is 1.95. The fourth-order valence-corrected chi connectivity index (χ4v) is 2.54. The molecule has 2 rings (SSSR count). The van der Waals surface area contributed by atoms with Gasteiger partial charge in [-0.2, -0.15) is 0 Å². The van der Waals surface area contributed by atoms with E-state index in [1.165, 1.54) is 18.6 Å². The lowest BCUT2D eigenvalue weighted by Gasteiger charge is -2.18. The quantitative estimate of drug-likeness (QED) is 0.482. The maximum atomic E-state index is 12.2. The normalized spacial score (nSPS) is 20.4. The summed E-state index contributed by atoms with van der Waals surface area (Å²) >= 11 is 0. The van der Waals surface area contributed by atoms with Gasteiger partial charge in [-0.25, -0.2) is 0 Å². The van der Waals surface area contributed by atoms with Gasteiger partial charge in [-0.3, -0.25) is 19.8 Å². The number of benzene rings is 1. The summed E-state index contributed by atoms with van der Waals surface area (Å²) in [5.41, 5.74) is 0.568. The summed E-state index contributed by atoms with van der Waals surface area (Å²) in [7, 11) is 0. The molecular formula is C15H20N2O3. The number of hydrogen-bond acceptors (Lipinski definition) is 4. The van der Waals surface area contributed by atoms with Crippen LogP contribution < -0.4 is 0 Å². The molecule has 1 aliphatic heterocycles. The molecule has 1 aromatic rings. The molecule has 0 aliphatic carbocycles. The highest BCUT2D eigenvalue weighted by molar-refractivity contribution is 5.97. The van der Waals surface area contributed by atoms with Gasteiger partial charge in [0.1, 0.15) is 0 Å². The van der Waals surface area contributed by atoms with Gasteiger partial charge < -0.3 is 0 Å². The molecule has 0 N–H and O–H groups in total. The number of nitrogens with zero attached hydrogens (tertiary/aromatic N) is 2. The Hall–Kier alpha value is -1.75. The molecule has 1 aromatic carbocycles. The van der Waals surface area contributed by atoms with Crippen LogP contribution >= 0.6 is 0 Å². The number of ketones is 1. The van der Waals surface area contributed by atoms with Crippen molar-refractivity contribution in [1.82, 2.24) is 4.90 Å². The predicted octanol–water partition coefficient (Wildman–Crippen LogP) is 2.90. The second kappa shape index (κ2) is 6.61. The van der Waals surface area contributed by atoms with Gasteiger partial charge in [-0.05, 0) is 50.4 Å². The first-order valence-electron chi connectivity index (χ1n) is 7.06. The van der Waals surface area contributed by atoms with Crippen molar-refractivity contribution in [3.05, 3.63) is 39.9 Å².